The van der Waals surface area contributed by atoms with Gasteiger partial charge in [0.05, 0.1) is 26.3 Å². The number of aromatic nitrogens is 7. The Hall–Kier alpha value is -4.54. The number of ether oxygens (including phenoxy) is 2. The minimum absolute atomic E-state index is 0.0396. The molecule has 11 heteroatoms. The van der Waals surface area contributed by atoms with Crippen molar-refractivity contribution in [1.29, 1.82) is 0 Å². The summed E-state index contributed by atoms with van der Waals surface area (Å²) in [6.07, 6.45) is 1.43. The highest BCUT2D eigenvalue weighted by Crippen LogP contribution is 2.31. The molecule has 0 spiro atoms. The van der Waals surface area contributed by atoms with Gasteiger partial charge in [-0.3, -0.25) is 9.36 Å². The van der Waals surface area contributed by atoms with Crippen LogP contribution in [0.1, 0.15) is 17.0 Å². The molecule has 0 aliphatic rings. The van der Waals surface area contributed by atoms with Crippen LogP contribution in [0, 0.1) is 6.92 Å². The van der Waals surface area contributed by atoms with E-state index in [1.807, 2.05) is 31.2 Å². The van der Waals surface area contributed by atoms with Gasteiger partial charge in [0.25, 0.3) is 5.56 Å². The maximum atomic E-state index is 13.0. The Kier molecular flexibility index (Phi) is 5.50. The fourth-order valence-electron chi connectivity index (χ4n) is 3.61. The van der Waals surface area contributed by atoms with Crippen molar-refractivity contribution >= 4 is 11.2 Å². The molecule has 0 aliphatic heterocycles. The average Bonchev–Trinajstić information content (AvgIpc) is 3.49. The van der Waals surface area contributed by atoms with Crippen LogP contribution < -0.4 is 15.0 Å². The van der Waals surface area contributed by atoms with E-state index in [2.05, 4.69) is 25.4 Å². The predicted octanol–water partition coefficient (Wildman–Crippen LogP) is 2.46. The van der Waals surface area contributed by atoms with Crippen LogP contribution in [0.4, 0.5) is 0 Å². The molecule has 0 atom stereocenters. The first-order valence-electron chi connectivity index (χ1n) is 10.5. The van der Waals surface area contributed by atoms with E-state index < -0.39 is 0 Å². The first kappa shape index (κ1) is 21.3. The molecule has 0 bridgehead atoms. The second kappa shape index (κ2) is 8.77. The van der Waals surface area contributed by atoms with E-state index in [0.717, 1.165) is 11.1 Å². The molecule has 0 amide bonds. The summed E-state index contributed by atoms with van der Waals surface area (Å²) in [7, 11) is 3.12. The van der Waals surface area contributed by atoms with Gasteiger partial charge in [-0.2, -0.15) is 4.98 Å². The lowest BCUT2D eigenvalue weighted by Gasteiger charge is -2.07. The first-order chi connectivity index (χ1) is 16.6. The van der Waals surface area contributed by atoms with Crippen LogP contribution >= 0.6 is 0 Å². The lowest BCUT2D eigenvalue weighted by molar-refractivity contribution is 0.369. The van der Waals surface area contributed by atoms with E-state index in [0.29, 0.717) is 35.1 Å². The summed E-state index contributed by atoms with van der Waals surface area (Å²) in [6.45, 7) is 2.53. The Labute approximate surface area is 193 Å². The molecule has 5 rings (SSSR count). The number of aryl methyl sites for hydroxylation is 1. The lowest BCUT2D eigenvalue weighted by atomic mass is 10.1. The normalized spacial score (nSPS) is 11.1. The van der Waals surface area contributed by atoms with E-state index in [1.165, 1.54) is 10.9 Å². The zero-order chi connectivity index (χ0) is 23.7. The molecule has 172 valence electrons. The van der Waals surface area contributed by atoms with Crippen molar-refractivity contribution in [2.24, 2.45) is 0 Å². The Morgan fingerprint density at radius 1 is 1.06 bits per heavy atom. The topological polar surface area (TPSA) is 123 Å². The van der Waals surface area contributed by atoms with Crippen molar-refractivity contribution < 1.29 is 14.0 Å². The molecule has 0 N–H and O–H groups in total. The predicted molar refractivity (Wildman–Crippen MR) is 122 cm³/mol. The highest BCUT2D eigenvalue weighted by molar-refractivity contribution is 5.68. The van der Waals surface area contributed by atoms with Crippen molar-refractivity contribution in [2.75, 3.05) is 14.2 Å². The number of nitrogens with zero attached hydrogens (tertiary/aromatic N) is 7. The van der Waals surface area contributed by atoms with Crippen LogP contribution in [0.2, 0.25) is 0 Å². The second-order valence-corrected chi connectivity index (χ2v) is 7.60. The molecule has 0 aliphatic carbocycles. The van der Waals surface area contributed by atoms with Gasteiger partial charge in [-0.15, -0.1) is 5.10 Å². The number of benzene rings is 2. The third-order valence-electron chi connectivity index (χ3n) is 5.50. The highest BCUT2D eigenvalue weighted by atomic mass is 16.5. The molecular weight excluding hydrogens is 438 g/mol. The Balaban J connectivity index is 1.41. The molecule has 34 heavy (non-hydrogen) atoms. The minimum atomic E-state index is -0.345. The summed E-state index contributed by atoms with van der Waals surface area (Å²) in [5.41, 5.74) is 3.08. The number of methoxy groups -OCH3 is 2. The Morgan fingerprint density at radius 2 is 1.91 bits per heavy atom. The molecule has 5 aromatic rings. The summed E-state index contributed by atoms with van der Waals surface area (Å²) in [4.78, 5) is 21.8. The SMILES string of the molecule is COc1ccc(-c2noc(Cn3cnc4c(nnn4Cc4ccccc4C)c3=O)n2)c(OC)c1. The third-order valence-corrected chi connectivity index (χ3v) is 5.50. The summed E-state index contributed by atoms with van der Waals surface area (Å²) >= 11 is 0. The summed E-state index contributed by atoms with van der Waals surface area (Å²) < 4.78 is 19.0. The maximum absolute atomic E-state index is 13.0. The summed E-state index contributed by atoms with van der Waals surface area (Å²) in [5.74, 6) is 1.76. The van der Waals surface area contributed by atoms with Crippen molar-refractivity contribution in [3.8, 4) is 22.9 Å². The van der Waals surface area contributed by atoms with Gasteiger partial charge in [-0.05, 0) is 30.2 Å². The fourth-order valence-corrected chi connectivity index (χ4v) is 3.61. The van der Waals surface area contributed by atoms with Gasteiger partial charge in [0.2, 0.25) is 11.7 Å². The van der Waals surface area contributed by atoms with Crippen molar-refractivity contribution in [1.82, 2.24) is 34.7 Å². The third kappa shape index (κ3) is 3.87. The molecule has 11 nitrogen and oxygen atoms in total. The second-order valence-electron chi connectivity index (χ2n) is 7.60. The number of hydrogen-bond acceptors (Lipinski definition) is 9. The smallest absolute Gasteiger partial charge is 0.283 e. The number of rotatable bonds is 7. The zero-order valence-corrected chi connectivity index (χ0v) is 18.8. The number of fused-ring (bicyclic) bond motifs is 1. The van der Waals surface area contributed by atoms with Crippen LogP contribution in [0.3, 0.4) is 0 Å². The molecule has 0 radical (unpaired) electrons. The zero-order valence-electron chi connectivity index (χ0n) is 18.8. The van der Waals surface area contributed by atoms with Crippen molar-refractivity contribution in [3.63, 3.8) is 0 Å². The monoisotopic (exact) mass is 459 g/mol. The highest BCUT2D eigenvalue weighted by Gasteiger charge is 2.17. The molecule has 0 saturated carbocycles. The Bertz CT molecular complexity index is 1540. The van der Waals surface area contributed by atoms with Crippen LogP contribution in [0.25, 0.3) is 22.6 Å². The van der Waals surface area contributed by atoms with Gasteiger partial charge in [0, 0.05) is 6.07 Å². The molecule has 3 heterocycles. The van der Waals surface area contributed by atoms with Crippen molar-refractivity contribution in [3.05, 3.63) is 76.2 Å². The van der Waals surface area contributed by atoms with E-state index in [9.17, 15) is 4.79 Å². The quantitative estimate of drug-likeness (QED) is 0.361. The molecule has 3 aromatic heterocycles. The number of hydrogen-bond donors (Lipinski definition) is 0. The average molecular weight is 459 g/mol. The summed E-state index contributed by atoms with van der Waals surface area (Å²) in [6, 6.07) is 13.2. The van der Waals surface area contributed by atoms with E-state index in [4.69, 9.17) is 14.0 Å². The van der Waals surface area contributed by atoms with Gasteiger partial charge >= 0.3 is 0 Å². The van der Waals surface area contributed by atoms with Crippen molar-refractivity contribution in [2.45, 2.75) is 20.0 Å². The lowest BCUT2D eigenvalue weighted by Crippen LogP contribution is -2.21. The van der Waals surface area contributed by atoms with Gasteiger partial charge in [-0.25, -0.2) is 9.67 Å². The molecule has 0 fully saturated rings. The molecular formula is C23H21N7O4. The van der Waals surface area contributed by atoms with Crippen LogP contribution in [0.5, 0.6) is 11.5 Å². The van der Waals surface area contributed by atoms with Gasteiger partial charge in [-0.1, -0.05) is 34.6 Å². The van der Waals surface area contributed by atoms with E-state index >= 15 is 0 Å². The molecule has 2 aromatic carbocycles. The maximum Gasteiger partial charge on any atom is 0.283 e. The largest absolute Gasteiger partial charge is 0.497 e. The van der Waals surface area contributed by atoms with Crippen LogP contribution in [-0.4, -0.2) is 48.9 Å². The van der Waals surface area contributed by atoms with E-state index in [-0.39, 0.29) is 23.5 Å². The van der Waals surface area contributed by atoms with Crippen LogP contribution in [-0.2, 0) is 13.1 Å². The van der Waals surface area contributed by atoms with Gasteiger partial charge in [0.15, 0.2) is 11.2 Å². The standard InChI is InChI=1S/C23H21N7O4/c1-14-6-4-5-7-15(14)11-30-22-20(26-28-30)23(31)29(13-24-22)12-19-25-21(27-34-19)17-9-8-16(32-2)10-18(17)33-3/h4-10,13H,11-12H2,1-3H3. The first-order valence-corrected chi connectivity index (χ1v) is 10.5. The van der Waals surface area contributed by atoms with E-state index in [1.54, 1.807) is 37.1 Å². The Morgan fingerprint density at radius 3 is 2.71 bits per heavy atom. The fraction of sp³-hybridized carbons (Fsp3) is 0.217. The van der Waals surface area contributed by atoms with Gasteiger partial charge in [0.1, 0.15) is 24.4 Å². The molecule has 0 saturated heterocycles. The summed E-state index contributed by atoms with van der Waals surface area (Å²) in [5, 5.41) is 12.2. The van der Waals surface area contributed by atoms with Gasteiger partial charge < -0.3 is 14.0 Å². The van der Waals surface area contributed by atoms with Crippen LogP contribution in [0.15, 0.2) is 58.1 Å². The molecule has 0 unspecified atom stereocenters. The minimum Gasteiger partial charge on any atom is -0.497 e.